The van der Waals surface area contributed by atoms with Crippen LogP contribution < -0.4 is 10.6 Å². The summed E-state index contributed by atoms with van der Waals surface area (Å²) in [7, 11) is 0. The summed E-state index contributed by atoms with van der Waals surface area (Å²) in [5.74, 6) is 0. The number of pyridine rings is 2. The highest BCUT2D eigenvalue weighted by atomic mass is 32.4. The lowest BCUT2D eigenvalue weighted by atomic mass is 10.1. The molecule has 9 aromatic rings. The van der Waals surface area contributed by atoms with Crippen molar-refractivity contribution in [1.29, 1.82) is 0 Å². The van der Waals surface area contributed by atoms with Crippen molar-refractivity contribution >= 4 is 88.8 Å². The molecule has 4 aromatic heterocycles. The molecule has 9 rings (SSSR count). The van der Waals surface area contributed by atoms with Gasteiger partial charge in [-0.1, -0.05) is 96.7 Å². The molecule has 0 N–H and O–H groups in total. The number of nitrogens with zero attached hydrogens (tertiary/aromatic N) is 4. The zero-order valence-electron chi connectivity index (χ0n) is 22.4. The van der Waals surface area contributed by atoms with Crippen LogP contribution in [0.1, 0.15) is 0 Å². The molecule has 0 radical (unpaired) electrons. The van der Waals surface area contributed by atoms with Gasteiger partial charge in [-0.3, -0.25) is 9.38 Å². The summed E-state index contributed by atoms with van der Waals surface area (Å²) in [6.45, 7) is 0. The Morgan fingerprint density at radius 2 is 1.07 bits per heavy atom. The molecule has 198 valence electrons. The molecule has 0 aliphatic heterocycles. The van der Waals surface area contributed by atoms with Crippen molar-refractivity contribution in [3.8, 4) is 0 Å². The number of hydrogen-bond acceptors (Lipinski definition) is 3. The van der Waals surface area contributed by atoms with Gasteiger partial charge in [0, 0.05) is 44.5 Å². The summed E-state index contributed by atoms with van der Waals surface area (Å²) in [4.78, 5) is 9.66. The maximum absolute atomic E-state index is 7.09. The van der Waals surface area contributed by atoms with E-state index in [2.05, 4.69) is 141 Å². The predicted molar refractivity (Wildman–Crippen MR) is 180 cm³/mol. The van der Waals surface area contributed by atoms with Crippen molar-refractivity contribution < 1.29 is 0 Å². The van der Waals surface area contributed by atoms with E-state index in [1.807, 2.05) is 12.4 Å². The normalized spacial score (nSPS) is 13.5. The zero-order chi connectivity index (χ0) is 27.8. The van der Waals surface area contributed by atoms with Crippen molar-refractivity contribution in [2.75, 3.05) is 0 Å². The molecule has 42 heavy (non-hydrogen) atoms. The first-order valence-electron chi connectivity index (χ1n) is 14.0. The number of aromatic nitrogens is 4. The molecule has 0 bridgehead atoms. The summed E-state index contributed by atoms with van der Waals surface area (Å²) >= 11 is 7.09. The van der Waals surface area contributed by atoms with Gasteiger partial charge in [0.2, 0.25) is 0 Å². The first kappa shape index (κ1) is 23.8. The minimum absolute atomic E-state index is 0.943. The summed E-state index contributed by atoms with van der Waals surface area (Å²) < 4.78 is 4.79. The minimum Gasteiger partial charge on any atom is -0.304 e. The third kappa shape index (κ3) is 3.10. The Labute approximate surface area is 246 Å². The molecule has 4 nitrogen and oxygen atoms in total. The van der Waals surface area contributed by atoms with Gasteiger partial charge < -0.3 is 4.34 Å². The summed E-state index contributed by atoms with van der Waals surface area (Å²) in [5, 5.41) is 8.15. The highest BCUT2D eigenvalue weighted by Gasteiger charge is 2.32. The van der Waals surface area contributed by atoms with E-state index < -0.39 is 6.19 Å². The van der Waals surface area contributed by atoms with Crippen molar-refractivity contribution in [1.82, 2.24) is 18.7 Å². The van der Waals surface area contributed by atoms with Crippen LogP contribution in [0.15, 0.2) is 140 Å². The second-order valence-electron chi connectivity index (χ2n) is 10.6. The van der Waals surface area contributed by atoms with Crippen LogP contribution in [0.5, 0.6) is 0 Å². The second kappa shape index (κ2) is 8.83. The Kier molecular flexibility index (Phi) is 5.01. The number of benzene rings is 5. The number of rotatable bonds is 3. The van der Waals surface area contributed by atoms with Gasteiger partial charge in [0.1, 0.15) is 5.65 Å². The van der Waals surface area contributed by atoms with Gasteiger partial charge in [-0.2, -0.15) is 0 Å². The predicted octanol–water partition coefficient (Wildman–Crippen LogP) is 8.19. The number of hydrogen-bond donors (Lipinski definition) is 0. The van der Waals surface area contributed by atoms with Gasteiger partial charge in [-0.25, -0.2) is 4.98 Å². The van der Waals surface area contributed by atoms with E-state index in [1.54, 1.807) is 0 Å². The van der Waals surface area contributed by atoms with Crippen LogP contribution in [-0.4, -0.2) is 18.7 Å². The molecule has 4 heterocycles. The van der Waals surface area contributed by atoms with Crippen molar-refractivity contribution in [3.63, 3.8) is 0 Å². The maximum Gasteiger partial charge on any atom is 0.146 e. The Morgan fingerprint density at radius 3 is 1.74 bits per heavy atom. The molecule has 1 unspecified atom stereocenters. The Hall–Kier alpha value is -4.83. The standard InChI is InChI=1S/C36H23N4PS/c42-41(24-20-22-37-23-21-24,40-32-17-7-4-12-27(32)28-13-5-8-18-33(28)40)34-19-9-15-30-35(34)39-31-16-6-3-11-26(31)25-10-1-2-14-29(25)36(39)38-30/h1-23H. The lowest BCUT2D eigenvalue weighted by molar-refractivity contribution is 1.32. The maximum atomic E-state index is 7.09. The average molecular weight is 575 g/mol. The SMILES string of the molecule is S=P(c1ccncc1)(c1cccc2nc3c4ccccc4c4ccccc4n3c12)n1c2ccccc2c2ccccc21. The Morgan fingerprint density at radius 1 is 0.524 bits per heavy atom. The largest absolute Gasteiger partial charge is 0.304 e. The van der Waals surface area contributed by atoms with E-state index in [0.717, 1.165) is 49.2 Å². The highest BCUT2D eigenvalue weighted by Crippen LogP contribution is 2.52. The Bertz CT molecular complexity index is 2510. The fraction of sp³-hybridized carbons (Fsp3) is 0. The van der Waals surface area contributed by atoms with Crippen LogP contribution >= 0.6 is 6.19 Å². The molecule has 5 aromatic carbocycles. The van der Waals surface area contributed by atoms with Crippen molar-refractivity contribution in [2.45, 2.75) is 0 Å². The third-order valence-electron chi connectivity index (χ3n) is 8.43. The van der Waals surface area contributed by atoms with Gasteiger partial charge in [0.25, 0.3) is 0 Å². The number of imidazole rings is 1. The van der Waals surface area contributed by atoms with Crippen LogP contribution in [0.2, 0.25) is 0 Å². The van der Waals surface area contributed by atoms with Crippen molar-refractivity contribution in [2.24, 2.45) is 0 Å². The van der Waals surface area contributed by atoms with Gasteiger partial charge in [0.05, 0.1) is 33.8 Å². The van der Waals surface area contributed by atoms with E-state index >= 15 is 0 Å². The van der Waals surface area contributed by atoms with Crippen LogP contribution in [0, 0.1) is 0 Å². The molecule has 0 spiro atoms. The van der Waals surface area contributed by atoms with E-state index in [9.17, 15) is 0 Å². The highest BCUT2D eigenvalue weighted by molar-refractivity contribution is 8.21. The molecule has 0 amide bonds. The van der Waals surface area contributed by atoms with Gasteiger partial charge in [0.15, 0.2) is 0 Å². The summed E-state index contributed by atoms with van der Waals surface area (Å²) in [6, 6.07) is 45.1. The van der Waals surface area contributed by atoms with E-state index in [-0.39, 0.29) is 0 Å². The summed E-state index contributed by atoms with van der Waals surface area (Å²) in [6.07, 6.45) is 1.00. The first-order valence-corrected chi connectivity index (χ1v) is 16.7. The van der Waals surface area contributed by atoms with Gasteiger partial charge in [-0.15, -0.1) is 0 Å². The molecule has 0 aliphatic rings. The number of para-hydroxylation sites is 4. The zero-order valence-corrected chi connectivity index (χ0v) is 24.1. The number of fused-ring (bicyclic) bond motifs is 11. The quantitative estimate of drug-likeness (QED) is 0.158. The van der Waals surface area contributed by atoms with E-state index in [0.29, 0.717) is 0 Å². The second-order valence-corrected chi connectivity index (χ2v) is 14.7. The molecular weight excluding hydrogens is 551 g/mol. The average Bonchev–Trinajstić information content (AvgIpc) is 3.62. The lowest BCUT2D eigenvalue weighted by Crippen LogP contribution is -2.23. The molecule has 0 fully saturated rings. The molecule has 0 saturated heterocycles. The molecule has 1 atom stereocenters. The fourth-order valence-corrected chi connectivity index (χ4v) is 11.0. The smallest absolute Gasteiger partial charge is 0.146 e. The van der Waals surface area contributed by atoms with Gasteiger partial charge in [-0.05, 0) is 47.9 Å². The van der Waals surface area contributed by atoms with E-state index in [4.69, 9.17) is 16.8 Å². The van der Waals surface area contributed by atoms with Crippen LogP contribution in [0.3, 0.4) is 0 Å². The molecule has 6 heteroatoms. The summed E-state index contributed by atoms with van der Waals surface area (Å²) in [5.41, 5.74) is 6.36. The van der Waals surface area contributed by atoms with Crippen molar-refractivity contribution in [3.05, 3.63) is 140 Å². The monoisotopic (exact) mass is 574 g/mol. The fourth-order valence-electron chi connectivity index (χ4n) is 6.69. The third-order valence-corrected chi connectivity index (χ3v) is 13.2. The minimum atomic E-state index is -2.73. The molecule has 0 aliphatic carbocycles. The molecule has 0 saturated carbocycles. The first-order chi connectivity index (χ1) is 20.7. The topological polar surface area (TPSA) is 35.1 Å². The van der Waals surface area contributed by atoms with E-state index in [1.165, 1.54) is 21.5 Å². The van der Waals surface area contributed by atoms with Crippen LogP contribution in [-0.2, 0) is 11.8 Å². The van der Waals surface area contributed by atoms with Gasteiger partial charge >= 0.3 is 0 Å². The van der Waals surface area contributed by atoms with Crippen LogP contribution in [0.25, 0.3) is 60.2 Å². The lowest BCUT2D eigenvalue weighted by Gasteiger charge is -2.28. The molecular formula is C36H23N4PS. The Balaban J connectivity index is 1.54. The van der Waals surface area contributed by atoms with Crippen LogP contribution in [0.4, 0.5) is 0 Å².